The number of hydrogen-bond acceptors (Lipinski definition) is 0. The monoisotopic (exact) mass is 290 g/mol. The lowest BCUT2D eigenvalue weighted by atomic mass is 9.99. The van der Waals surface area contributed by atoms with Crippen LogP contribution >= 0.6 is 31.9 Å². The zero-order chi connectivity index (χ0) is 8.97. The predicted octanol–water partition coefficient (Wildman–Crippen LogP) is 4.34. The highest BCUT2D eigenvalue weighted by atomic mass is 79.9. The minimum absolute atomic E-state index is 0.650. The van der Waals surface area contributed by atoms with Crippen LogP contribution in [0.1, 0.15) is 24.8 Å². The number of hydrogen-bond donors (Lipinski definition) is 0. The number of benzene rings is 1. The van der Waals surface area contributed by atoms with Crippen LogP contribution in [-0.4, -0.2) is 5.33 Å². The van der Waals surface area contributed by atoms with Crippen LogP contribution in [0, 0.1) is 0 Å². The fourth-order valence-electron chi connectivity index (χ4n) is 1.12. The number of alkyl halides is 1. The van der Waals surface area contributed by atoms with Crippen molar-refractivity contribution >= 4 is 31.9 Å². The van der Waals surface area contributed by atoms with E-state index in [4.69, 9.17) is 0 Å². The summed E-state index contributed by atoms with van der Waals surface area (Å²) in [5, 5.41) is 1.07. The van der Waals surface area contributed by atoms with E-state index in [-0.39, 0.29) is 0 Å². The van der Waals surface area contributed by atoms with Gasteiger partial charge in [0.05, 0.1) is 0 Å². The molecule has 1 rings (SSSR count). The SMILES string of the molecule is CC(CCBr)c1ccc(Br)cc1. The molecule has 0 radical (unpaired) electrons. The molecule has 0 aliphatic heterocycles. The van der Waals surface area contributed by atoms with E-state index in [9.17, 15) is 0 Å². The second kappa shape index (κ2) is 5.03. The van der Waals surface area contributed by atoms with Crippen LogP contribution < -0.4 is 0 Å². The van der Waals surface area contributed by atoms with Gasteiger partial charge in [-0.15, -0.1) is 0 Å². The molecule has 0 N–H and O–H groups in total. The van der Waals surface area contributed by atoms with Gasteiger partial charge in [0.2, 0.25) is 0 Å². The molecular weight excluding hydrogens is 280 g/mol. The first-order chi connectivity index (χ1) is 5.74. The lowest BCUT2D eigenvalue weighted by molar-refractivity contribution is 0.744. The van der Waals surface area contributed by atoms with Crippen molar-refractivity contribution < 1.29 is 0 Å². The Hall–Kier alpha value is 0.180. The van der Waals surface area contributed by atoms with E-state index in [1.807, 2.05) is 0 Å². The van der Waals surface area contributed by atoms with Crippen molar-refractivity contribution in [3.63, 3.8) is 0 Å². The highest BCUT2D eigenvalue weighted by Crippen LogP contribution is 2.21. The molecule has 12 heavy (non-hydrogen) atoms. The Labute approximate surface area is 90.6 Å². The topological polar surface area (TPSA) is 0 Å². The maximum Gasteiger partial charge on any atom is 0.0175 e. The normalized spacial score (nSPS) is 12.9. The van der Waals surface area contributed by atoms with Crippen LogP contribution in [0.2, 0.25) is 0 Å². The van der Waals surface area contributed by atoms with Gasteiger partial charge >= 0.3 is 0 Å². The second-order valence-corrected chi connectivity index (χ2v) is 4.64. The van der Waals surface area contributed by atoms with Crippen LogP contribution in [0.3, 0.4) is 0 Å². The van der Waals surface area contributed by atoms with Crippen LogP contribution in [0.5, 0.6) is 0 Å². The summed E-state index contributed by atoms with van der Waals surface area (Å²) in [4.78, 5) is 0. The molecule has 0 heterocycles. The van der Waals surface area contributed by atoms with E-state index in [1.54, 1.807) is 0 Å². The summed E-state index contributed by atoms with van der Waals surface area (Å²) in [6, 6.07) is 8.55. The standard InChI is InChI=1S/C10H12Br2/c1-8(6-7-11)9-2-4-10(12)5-3-9/h2-5,8H,6-7H2,1H3. The van der Waals surface area contributed by atoms with Crippen molar-refractivity contribution in [3.8, 4) is 0 Å². The van der Waals surface area contributed by atoms with Gasteiger partial charge < -0.3 is 0 Å². The number of halogens is 2. The van der Waals surface area contributed by atoms with Gasteiger partial charge in [0.1, 0.15) is 0 Å². The Bertz CT molecular complexity index is 228. The lowest BCUT2D eigenvalue weighted by Crippen LogP contribution is -1.93. The van der Waals surface area contributed by atoms with Crippen LogP contribution in [0.4, 0.5) is 0 Å². The summed E-state index contributed by atoms with van der Waals surface area (Å²) in [5.74, 6) is 0.650. The zero-order valence-corrected chi connectivity index (χ0v) is 10.2. The maximum atomic E-state index is 3.45. The fraction of sp³-hybridized carbons (Fsp3) is 0.400. The quantitative estimate of drug-likeness (QED) is 0.727. The van der Waals surface area contributed by atoms with Crippen molar-refractivity contribution in [3.05, 3.63) is 34.3 Å². The van der Waals surface area contributed by atoms with Crippen molar-refractivity contribution in [2.75, 3.05) is 5.33 Å². The summed E-state index contributed by atoms with van der Waals surface area (Å²) < 4.78 is 1.15. The van der Waals surface area contributed by atoms with Crippen LogP contribution in [-0.2, 0) is 0 Å². The second-order valence-electron chi connectivity index (χ2n) is 2.93. The lowest BCUT2D eigenvalue weighted by Gasteiger charge is -2.09. The van der Waals surface area contributed by atoms with Crippen molar-refractivity contribution in [2.45, 2.75) is 19.3 Å². The third-order valence-corrected chi connectivity index (χ3v) is 2.97. The Morgan fingerprint density at radius 3 is 2.33 bits per heavy atom. The first-order valence-electron chi connectivity index (χ1n) is 4.05. The van der Waals surface area contributed by atoms with E-state index in [0.717, 1.165) is 9.80 Å². The minimum atomic E-state index is 0.650. The summed E-state index contributed by atoms with van der Waals surface area (Å²) in [6.45, 7) is 2.25. The van der Waals surface area contributed by atoms with Crippen molar-refractivity contribution in [1.82, 2.24) is 0 Å². The molecule has 1 aromatic rings. The van der Waals surface area contributed by atoms with Gasteiger partial charge in [-0.2, -0.15) is 0 Å². The zero-order valence-electron chi connectivity index (χ0n) is 7.06. The molecule has 66 valence electrons. The minimum Gasteiger partial charge on any atom is -0.0928 e. The molecule has 0 saturated heterocycles. The molecule has 0 spiro atoms. The molecule has 0 nitrogen and oxygen atoms in total. The Kier molecular flexibility index (Phi) is 4.30. The van der Waals surface area contributed by atoms with E-state index >= 15 is 0 Å². The Balaban J connectivity index is 2.68. The first-order valence-corrected chi connectivity index (χ1v) is 5.97. The van der Waals surface area contributed by atoms with E-state index in [0.29, 0.717) is 5.92 Å². The van der Waals surface area contributed by atoms with Gasteiger partial charge in [0.15, 0.2) is 0 Å². The summed E-state index contributed by atoms with van der Waals surface area (Å²) in [5.41, 5.74) is 1.41. The fourth-order valence-corrected chi connectivity index (χ4v) is 2.07. The molecule has 0 aromatic heterocycles. The van der Waals surface area contributed by atoms with E-state index in [1.165, 1.54) is 12.0 Å². The Morgan fingerprint density at radius 1 is 1.25 bits per heavy atom. The third kappa shape index (κ3) is 2.91. The first kappa shape index (κ1) is 10.3. The molecule has 0 aliphatic carbocycles. The number of rotatable bonds is 3. The van der Waals surface area contributed by atoms with Gasteiger partial charge in [-0.05, 0) is 30.0 Å². The van der Waals surface area contributed by atoms with Gasteiger partial charge in [-0.3, -0.25) is 0 Å². The van der Waals surface area contributed by atoms with Gasteiger partial charge in [-0.1, -0.05) is 50.9 Å². The molecule has 0 fully saturated rings. The smallest absolute Gasteiger partial charge is 0.0175 e. The molecule has 1 unspecified atom stereocenters. The maximum absolute atomic E-state index is 3.45. The highest BCUT2D eigenvalue weighted by Gasteiger charge is 2.03. The average molecular weight is 292 g/mol. The van der Waals surface area contributed by atoms with Crippen molar-refractivity contribution in [1.29, 1.82) is 0 Å². The molecular formula is C10H12Br2. The van der Waals surface area contributed by atoms with Crippen molar-refractivity contribution in [2.24, 2.45) is 0 Å². The Morgan fingerprint density at radius 2 is 1.83 bits per heavy atom. The van der Waals surface area contributed by atoms with Gasteiger partial charge in [0, 0.05) is 9.80 Å². The predicted molar refractivity (Wildman–Crippen MR) is 61.0 cm³/mol. The molecule has 2 heteroatoms. The molecule has 0 aliphatic rings. The van der Waals surface area contributed by atoms with Crippen LogP contribution in [0.15, 0.2) is 28.7 Å². The molecule has 0 saturated carbocycles. The van der Waals surface area contributed by atoms with Gasteiger partial charge in [0.25, 0.3) is 0 Å². The largest absolute Gasteiger partial charge is 0.0928 e. The molecule has 0 bridgehead atoms. The summed E-state index contributed by atoms with van der Waals surface area (Å²) >= 11 is 6.88. The van der Waals surface area contributed by atoms with Crippen LogP contribution in [0.25, 0.3) is 0 Å². The summed E-state index contributed by atoms with van der Waals surface area (Å²) in [6.07, 6.45) is 1.20. The third-order valence-electron chi connectivity index (χ3n) is 1.98. The van der Waals surface area contributed by atoms with E-state index in [2.05, 4.69) is 63.0 Å². The molecule has 1 atom stereocenters. The van der Waals surface area contributed by atoms with Gasteiger partial charge in [-0.25, -0.2) is 0 Å². The summed E-state index contributed by atoms with van der Waals surface area (Å²) in [7, 11) is 0. The molecule has 0 amide bonds. The highest BCUT2D eigenvalue weighted by molar-refractivity contribution is 9.10. The molecule has 1 aromatic carbocycles. The van der Waals surface area contributed by atoms with E-state index < -0.39 is 0 Å². The average Bonchev–Trinajstić information content (AvgIpc) is 2.06.